The summed E-state index contributed by atoms with van der Waals surface area (Å²) in [5, 5.41) is 5.48. The van der Waals surface area contributed by atoms with E-state index in [1.54, 1.807) is 12.0 Å². The zero-order valence-corrected chi connectivity index (χ0v) is 12.6. The zero-order valence-electron chi connectivity index (χ0n) is 12.6. The Morgan fingerprint density at radius 3 is 2.76 bits per heavy atom. The summed E-state index contributed by atoms with van der Waals surface area (Å²) in [6, 6.07) is 14.4. The molecule has 0 heterocycles. The van der Waals surface area contributed by atoms with Crippen molar-refractivity contribution in [3.63, 3.8) is 0 Å². The maximum Gasteiger partial charge on any atom is 0.236 e. The Kier molecular flexibility index (Phi) is 5.72. The van der Waals surface area contributed by atoms with E-state index in [9.17, 15) is 4.79 Å². The molecule has 0 aliphatic heterocycles. The van der Waals surface area contributed by atoms with Crippen molar-refractivity contribution >= 4 is 16.7 Å². The van der Waals surface area contributed by atoms with Gasteiger partial charge in [0.15, 0.2) is 0 Å². The average Bonchev–Trinajstić information content (AvgIpc) is 2.51. The molecule has 0 unspecified atom stereocenters. The summed E-state index contributed by atoms with van der Waals surface area (Å²) in [5.74, 6) is 0.0824. The smallest absolute Gasteiger partial charge is 0.236 e. The number of ether oxygens (including phenoxy) is 1. The average molecular weight is 286 g/mol. The molecule has 0 aliphatic rings. The predicted octanol–water partition coefficient (Wildman–Crippen LogP) is 2.03. The summed E-state index contributed by atoms with van der Waals surface area (Å²) < 4.78 is 4.94. The number of likely N-dealkylation sites (N-methyl/N-ethyl adjacent to an activating group) is 1. The fourth-order valence-electron chi connectivity index (χ4n) is 2.28. The first kappa shape index (κ1) is 15.5. The highest BCUT2D eigenvalue weighted by Crippen LogP contribution is 2.19. The van der Waals surface area contributed by atoms with Crippen molar-refractivity contribution < 1.29 is 9.53 Å². The van der Waals surface area contributed by atoms with Crippen LogP contribution in [0.3, 0.4) is 0 Å². The van der Waals surface area contributed by atoms with Gasteiger partial charge in [0.1, 0.15) is 0 Å². The Morgan fingerprint density at radius 2 is 1.95 bits per heavy atom. The summed E-state index contributed by atoms with van der Waals surface area (Å²) >= 11 is 0. The van der Waals surface area contributed by atoms with Crippen LogP contribution in [-0.2, 0) is 16.1 Å². The van der Waals surface area contributed by atoms with Crippen molar-refractivity contribution in [2.45, 2.75) is 6.54 Å². The van der Waals surface area contributed by atoms with Gasteiger partial charge in [0.05, 0.1) is 13.2 Å². The summed E-state index contributed by atoms with van der Waals surface area (Å²) in [6.45, 7) is 2.25. The Hall–Kier alpha value is -1.91. The van der Waals surface area contributed by atoms with Crippen LogP contribution >= 0.6 is 0 Å². The van der Waals surface area contributed by atoms with Crippen LogP contribution in [0.15, 0.2) is 42.5 Å². The van der Waals surface area contributed by atoms with Gasteiger partial charge in [0, 0.05) is 27.2 Å². The second-order valence-corrected chi connectivity index (χ2v) is 5.06. The number of benzene rings is 2. The Labute approximate surface area is 125 Å². The monoisotopic (exact) mass is 286 g/mol. The van der Waals surface area contributed by atoms with Crippen LogP contribution in [0.5, 0.6) is 0 Å². The zero-order chi connectivity index (χ0) is 15.1. The highest BCUT2D eigenvalue weighted by Gasteiger charge is 2.10. The van der Waals surface area contributed by atoms with E-state index >= 15 is 0 Å². The quantitative estimate of drug-likeness (QED) is 0.792. The van der Waals surface area contributed by atoms with Crippen molar-refractivity contribution in [1.29, 1.82) is 0 Å². The number of methoxy groups -OCH3 is 1. The minimum atomic E-state index is 0.0824. The molecule has 0 saturated carbocycles. The van der Waals surface area contributed by atoms with E-state index in [0.717, 1.165) is 0 Å². The fourth-order valence-corrected chi connectivity index (χ4v) is 2.28. The molecular weight excluding hydrogens is 264 g/mol. The van der Waals surface area contributed by atoms with E-state index in [1.807, 2.05) is 25.2 Å². The van der Waals surface area contributed by atoms with Crippen LogP contribution in [0.2, 0.25) is 0 Å². The van der Waals surface area contributed by atoms with Crippen LogP contribution in [0, 0.1) is 0 Å². The molecule has 0 aromatic heterocycles. The van der Waals surface area contributed by atoms with E-state index in [-0.39, 0.29) is 5.91 Å². The van der Waals surface area contributed by atoms with Gasteiger partial charge >= 0.3 is 0 Å². The third kappa shape index (κ3) is 4.28. The molecule has 0 bridgehead atoms. The van der Waals surface area contributed by atoms with Crippen LogP contribution in [0.1, 0.15) is 5.56 Å². The van der Waals surface area contributed by atoms with E-state index in [2.05, 4.69) is 29.6 Å². The molecule has 0 atom stereocenters. The molecule has 4 nitrogen and oxygen atoms in total. The Balaban J connectivity index is 1.98. The minimum absolute atomic E-state index is 0.0824. The lowest BCUT2D eigenvalue weighted by Crippen LogP contribution is -2.36. The lowest BCUT2D eigenvalue weighted by Gasteiger charge is -2.18. The van der Waals surface area contributed by atoms with Crippen molar-refractivity contribution in [3.8, 4) is 0 Å². The minimum Gasteiger partial charge on any atom is -0.383 e. The first-order chi connectivity index (χ1) is 10.2. The van der Waals surface area contributed by atoms with Crippen LogP contribution < -0.4 is 5.32 Å². The highest BCUT2D eigenvalue weighted by atomic mass is 16.5. The first-order valence-corrected chi connectivity index (χ1v) is 7.12. The third-order valence-electron chi connectivity index (χ3n) is 3.47. The van der Waals surface area contributed by atoms with Crippen molar-refractivity contribution in [2.24, 2.45) is 0 Å². The molecule has 0 aliphatic carbocycles. The molecule has 4 heteroatoms. The molecule has 21 heavy (non-hydrogen) atoms. The van der Waals surface area contributed by atoms with E-state index < -0.39 is 0 Å². The molecular formula is C17H22N2O2. The summed E-state index contributed by atoms with van der Waals surface area (Å²) in [4.78, 5) is 13.8. The molecule has 1 amide bonds. The van der Waals surface area contributed by atoms with Crippen molar-refractivity contribution in [3.05, 3.63) is 48.0 Å². The van der Waals surface area contributed by atoms with E-state index in [4.69, 9.17) is 4.74 Å². The molecule has 1 N–H and O–H groups in total. The SMILES string of the molecule is COCCNCC(=O)N(C)Cc1cccc2ccccc12. The largest absolute Gasteiger partial charge is 0.383 e. The van der Waals surface area contributed by atoms with Crippen molar-refractivity contribution in [1.82, 2.24) is 10.2 Å². The molecule has 0 fully saturated rings. The first-order valence-electron chi connectivity index (χ1n) is 7.12. The van der Waals surface area contributed by atoms with Crippen LogP contribution in [0.25, 0.3) is 10.8 Å². The number of hydrogen-bond donors (Lipinski definition) is 1. The summed E-state index contributed by atoms with van der Waals surface area (Å²) in [6.07, 6.45) is 0. The number of carbonyl (C=O) groups is 1. The lowest BCUT2D eigenvalue weighted by atomic mass is 10.0. The summed E-state index contributed by atoms with van der Waals surface area (Å²) in [5.41, 5.74) is 1.17. The van der Waals surface area contributed by atoms with Gasteiger partial charge in [-0.3, -0.25) is 4.79 Å². The van der Waals surface area contributed by atoms with Gasteiger partial charge in [-0.15, -0.1) is 0 Å². The van der Waals surface area contributed by atoms with Gasteiger partial charge in [0.2, 0.25) is 5.91 Å². The standard InChI is InChI=1S/C17H22N2O2/c1-19(17(20)12-18-10-11-21-2)13-15-8-5-7-14-6-3-4-9-16(14)15/h3-9,18H,10-13H2,1-2H3. The topological polar surface area (TPSA) is 41.6 Å². The van der Waals surface area contributed by atoms with Gasteiger partial charge in [-0.25, -0.2) is 0 Å². The van der Waals surface area contributed by atoms with Crippen LogP contribution in [-0.4, -0.2) is 44.7 Å². The molecule has 0 saturated heterocycles. The second-order valence-electron chi connectivity index (χ2n) is 5.06. The molecule has 0 spiro atoms. The van der Waals surface area contributed by atoms with E-state index in [0.29, 0.717) is 26.2 Å². The second kappa shape index (κ2) is 7.76. The number of amides is 1. The molecule has 2 aromatic rings. The van der Waals surface area contributed by atoms with Gasteiger partial charge in [-0.05, 0) is 16.3 Å². The van der Waals surface area contributed by atoms with E-state index in [1.165, 1.54) is 16.3 Å². The van der Waals surface area contributed by atoms with Crippen LogP contribution in [0.4, 0.5) is 0 Å². The number of nitrogens with zero attached hydrogens (tertiary/aromatic N) is 1. The maximum absolute atomic E-state index is 12.1. The normalized spacial score (nSPS) is 10.8. The van der Waals surface area contributed by atoms with Crippen molar-refractivity contribution in [2.75, 3.05) is 33.9 Å². The molecule has 0 radical (unpaired) electrons. The summed E-state index contributed by atoms with van der Waals surface area (Å²) in [7, 11) is 3.48. The lowest BCUT2D eigenvalue weighted by molar-refractivity contribution is -0.129. The van der Waals surface area contributed by atoms with Gasteiger partial charge in [-0.2, -0.15) is 0 Å². The molecule has 2 rings (SSSR count). The predicted molar refractivity (Wildman–Crippen MR) is 85.2 cm³/mol. The highest BCUT2D eigenvalue weighted by molar-refractivity contribution is 5.86. The molecule has 112 valence electrons. The Bertz CT molecular complexity index is 593. The third-order valence-corrected chi connectivity index (χ3v) is 3.47. The number of nitrogens with one attached hydrogen (secondary N) is 1. The fraction of sp³-hybridized carbons (Fsp3) is 0.353. The number of rotatable bonds is 7. The maximum atomic E-state index is 12.1. The number of fused-ring (bicyclic) bond motifs is 1. The Morgan fingerprint density at radius 1 is 1.19 bits per heavy atom. The van der Waals surface area contributed by atoms with Gasteiger partial charge in [-0.1, -0.05) is 42.5 Å². The molecule has 2 aromatic carbocycles. The number of hydrogen-bond acceptors (Lipinski definition) is 3. The van der Waals surface area contributed by atoms with Gasteiger partial charge < -0.3 is 15.0 Å². The van der Waals surface area contributed by atoms with Gasteiger partial charge in [0.25, 0.3) is 0 Å². The number of carbonyl (C=O) groups excluding carboxylic acids is 1.